The van der Waals surface area contributed by atoms with Gasteiger partial charge in [0, 0.05) is 33.2 Å². The molecule has 0 saturated carbocycles. The van der Waals surface area contributed by atoms with Crippen molar-refractivity contribution in [1.29, 1.82) is 0 Å². The highest BCUT2D eigenvalue weighted by Crippen LogP contribution is 2.67. The number of fused-ring (bicyclic) bond motifs is 23. The summed E-state index contributed by atoms with van der Waals surface area (Å²) >= 11 is 0. The highest BCUT2D eigenvalue weighted by atomic mass is 16.3. The predicted molar refractivity (Wildman–Crippen MR) is 319 cm³/mol. The molecule has 2 aromatic heterocycles. The monoisotopic (exact) mass is 980 g/mol. The van der Waals surface area contributed by atoms with Crippen LogP contribution >= 0.6 is 0 Å². The van der Waals surface area contributed by atoms with Gasteiger partial charge in [-0.15, -0.1) is 0 Å². The van der Waals surface area contributed by atoms with Crippen LogP contribution in [0.2, 0.25) is 0 Å². The maximum Gasteiger partial charge on any atom is 0.137 e. The lowest BCUT2D eigenvalue weighted by molar-refractivity contribution is 0.668. The highest BCUT2D eigenvalue weighted by Gasteiger charge is 2.54. The molecule has 0 atom stereocenters. The van der Waals surface area contributed by atoms with E-state index in [9.17, 15) is 0 Å². The Morgan fingerprint density at radius 1 is 0.260 bits per heavy atom. The quantitative estimate of drug-likeness (QED) is 0.155. The molecule has 4 heteroatoms. The number of hydrogen-bond acceptors (Lipinski definition) is 4. The molecule has 0 amide bonds. The number of para-hydroxylation sites is 4. The fourth-order valence-electron chi connectivity index (χ4n) is 13.9. The van der Waals surface area contributed by atoms with E-state index in [4.69, 9.17) is 8.83 Å². The molecule has 15 aromatic rings. The molecule has 0 radical (unpaired) electrons. The zero-order valence-electron chi connectivity index (χ0n) is 41.6. The normalized spacial score (nSPS) is 13.0. The van der Waals surface area contributed by atoms with E-state index in [0.717, 1.165) is 78.0 Å². The molecule has 13 aromatic carbocycles. The second kappa shape index (κ2) is 15.9. The van der Waals surface area contributed by atoms with Crippen LogP contribution in [0.3, 0.4) is 0 Å². The summed E-state index contributed by atoms with van der Waals surface area (Å²) in [5.41, 5.74) is 19.4. The second-order valence-corrected chi connectivity index (χ2v) is 20.6. The van der Waals surface area contributed by atoms with E-state index in [2.05, 4.69) is 271 Å². The molecule has 0 unspecified atom stereocenters. The van der Waals surface area contributed by atoms with E-state index in [1.54, 1.807) is 0 Å². The van der Waals surface area contributed by atoms with Gasteiger partial charge in [-0.05, 0) is 150 Å². The van der Waals surface area contributed by atoms with Gasteiger partial charge in [-0.3, -0.25) is 0 Å². The topological polar surface area (TPSA) is 32.8 Å². The molecule has 0 fully saturated rings. The van der Waals surface area contributed by atoms with E-state index in [1.165, 1.54) is 76.8 Å². The number of nitrogens with zero attached hydrogens (tertiary/aromatic N) is 2. The van der Waals surface area contributed by atoms with Crippen molar-refractivity contribution in [2.75, 3.05) is 9.80 Å². The van der Waals surface area contributed by atoms with Crippen LogP contribution in [0.5, 0.6) is 0 Å². The van der Waals surface area contributed by atoms with Crippen LogP contribution in [0.15, 0.2) is 276 Å². The largest absolute Gasteiger partial charge is 0.456 e. The minimum absolute atomic E-state index is 0.711. The van der Waals surface area contributed by atoms with Crippen molar-refractivity contribution in [3.63, 3.8) is 0 Å². The van der Waals surface area contributed by atoms with E-state index >= 15 is 0 Å². The molecule has 2 heterocycles. The van der Waals surface area contributed by atoms with Crippen molar-refractivity contribution in [2.24, 2.45) is 0 Å². The Bertz CT molecular complexity index is 4910. The summed E-state index contributed by atoms with van der Waals surface area (Å²) < 4.78 is 13.2. The average Bonchev–Trinajstić information content (AvgIpc) is 3.24. The molecule has 0 aliphatic heterocycles. The molecular formula is C73H44N2O2. The van der Waals surface area contributed by atoms with Crippen molar-refractivity contribution >= 4 is 110 Å². The van der Waals surface area contributed by atoms with Crippen LogP contribution in [0, 0.1) is 0 Å². The number of rotatable bonds is 6. The Kier molecular flexibility index (Phi) is 8.73. The third kappa shape index (κ3) is 5.71. The highest BCUT2D eigenvalue weighted by molar-refractivity contribution is 6.25. The lowest BCUT2D eigenvalue weighted by Crippen LogP contribution is -2.26. The average molecular weight is 981 g/mol. The summed E-state index contributed by atoms with van der Waals surface area (Å²) in [7, 11) is 0. The van der Waals surface area contributed by atoms with Crippen molar-refractivity contribution in [3.8, 4) is 22.3 Å². The Balaban J connectivity index is 1.01. The minimum atomic E-state index is -0.711. The van der Waals surface area contributed by atoms with Gasteiger partial charge in [0.25, 0.3) is 0 Å². The van der Waals surface area contributed by atoms with Gasteiger partial charge in [0.2, 0.25) is 0 Å². The van der Waals surface area contributed by atoms with Crippen molar-refractivity contribution in [2.45, 2.75) is 5.41 Å². The zero-order chi connectivity index (χ0) is 50.3. The van der Waals surface area contributed by atoms with E-state index in [1.807, 2.05) is 6.07 Å². The van der Waals surface area contributed by atoms with E-state index in [-0.39, 0.29) is 0 Å². The lowest BCUT2D eigenvalue weighted by atomic mass is 9.69. The van der Waals surface area contributed by atoms with Gasteiger partial charge in [0.05, 0.1) is 33.2 Å². The Labute approximate surface area is 443 Å². The first kappa shape index (κ1) is 42.2. The van der Waals surface area contributed by atoms with E-state index in [0.29, 0.717) is 0 Å². The summed E-state index contributed by atoms with van der Waals surface area (Å²) in [6, 6.07) is 97.8. The standard InChI is InChI=1S/C73H44N2O2/c1-3-21-45(22-4-1)74(61-35-19-39-66-69(61)55-31-13-17-37-64(55)76-66)47-41-42-54-57(43-47)48-25-7-9-29-52(48)71-68-53-30-10-8-28-51(53)63(44-60(68)73(72(54)71)58-33-15-11-26-49(58)50-27-12-16-34-59(50)73)75(46-23-5-2-6-24-46)62-36-20-40-67-70(62)56-32-14-18-38-65(56)77-67/h1-44H. The Morgan fingerprint density at radius 2 is 0.727 bits per heavy atom. The van der Waals surface area contributed by atoms with Gasteiger partial charge in [0.15, 0.2) is 0 Å². The Morgan fingerprint density at radius 3 is 1.34 bits per heavy atom. The van der Waals surface area contributed by atoms with Gasteiger partial charge in [0.1, 0.15) is 22.3 Å². The lowest BCUT2D eigenvalue weighted by Gasteiger charge is -2.34. The first-order valence-electron chi connectivity index (χ1n) is 26.5. The minimum Gasteiger partial charge on any atom is -0.456 e. The number of anilines is 6. The third-order valence-electron chi connectivity index (χ3n) is 16.8. The first-order chi connectivity index (χ1) is 38.2. The molecule has 4 nitrogen and oxygen atoms in total. The number of furan rings is 2. The summed E-state index contributed by atoms with van der Waals surface area (Å²) in [4.78, 5) is 4.90. The fourth-order valence-corrected chi connectivity index (χ4v) is 13.9. The van der Waals surface area contributed by atoms with Crippen LogP contribution in [0.4, 0.5) is 34.1 Å². The van der Waals surface area contributed by atoms with Crippen molar-refractivity contribution < 1.29 is 8.83 Å². The predicted octanol–water partition coefficient (Wildman–Crippen LogP) is 20.2. The maximum atomic E-state index is 6.63. The zero-order valence-corrected chi connectivity index (χ0v) is 41.6. The SMILES string of the molecule is c1ccc(N(c2ccc3c4c(c5ccccc5c3c2)-c2c(cc(N(c3ccccc3)c3cccc5oc6ccccc6c35)c3ccccc23)C42c3ccccc3-c3ccccc32)c2cccc3oc4ccccc4c23)cc1. The van der Waals surface area contributed by atoms with Crippen molar-refractivity contribution in [3.05, 3.63) is 289 Å². The molecule has 0 saturated heterocycles. The Hall–Kier alpha value is -10.2. The van der Waals surface area contributed by atoms with Crippen LogP contribution in [0.1, 0.15) is 22.3 Å². The fraction of sp³-hybridized carbons (Fsp3) is 0.0137. The number of benzene rings is 13. The molecule has 17 rings (SSSR count). The molecule has 77 heavy (non-hydrogen) atoms. The van der Waals surface area contributed by atoms with Crippen LogP contribution in [-0.4, -0.2) is 0 Å². The summed E-state index contributed by atoms with van der Waals surface area (Å²) in [6.45, 7) is 0. The van der Waals surface area contributed by atoms with Crippen LogP contribution in [-0.2, 0) is 5.41 Å². The van der Waals surface area contributed by atoms with Crippen molar-refractivity contribution in [1.82, 2.24) is 0 Å². The van der Waals surface area contributed by atoms with Crippen LogP contribution < -0.4 is 9.80 Å². The molecule has 0 bridgehead atoms. The van der Waals surface area contributed by atoms with E-state index < -0.39 is 5.41 Å². The van der Waals surface area contributed by atoms with Gasteiger partial charge in [-0.25, -0.2) is 0 Å². The molecule has 1 spiro atoms. The summed E-state index contributed by atoms with van der Waals surface area (Å²) in [5.74, 6) is 0. The molecule has 0 N–H and O–H groups in total. The first-order valence-corrected chi connectivity index (χ1v) is 26.5. The number of hydrogen-bond donors (Lipinski definition) is 0. The summed E-state index contributed by atoms with van der Waals surface area (Å²) in [5, 5.41) is 11.6. The maximum absolute atomic E-state index is 6.63. The molecular weight excluding hydrogens is 937 g/mol. The third-order valence-corrected chi connectivity index (χ3v) is 16.8. The van der Waals surface area contributed by atoms with Gasteiger partial charge < -0.3 is 18.6 Å². The molecule has 2 aliphatic carbocycles. The second-order valence-electron chi connectivity index (χ2n) is 20.6. The summed E-state index contributed by atoms with van der Waals surface area (Å²) in [6.07, 6.45) is 0. The molecule has 2 aliphatic rings. The smallest absolute Gasteiger partial charge is 0.137 e. The van der Waals surface area contributed by atoms with Gasteiger partial charge in [-0.2, -0.15) is 0 Å². The van der Waals surface area contributed by atoms with Crippen LogP contribution in [0.25, 0.3) is 98.4 Å². The molecule has 358 valence electrons. The van der Waals surface area contributed by atoms with Gasteiger partial charge in [-0.1, -0.05) is 188 Å². The van der Waals surface area contributed by atoms with Gasteiger partial charge >= 0.3 is 0 Å².